The third-order valence-electron chi connectivity index (χ3n) is 16.9. The molecule has 1 N–H and O–H groups in total. The monoisotopic (exact) mass is 834 g/mol. The summed E-state index contributed by atoms with van der Waals surface area (Å²) in [4.78, 5) is 25.9. The van der Waals surface area contributed by atoms with Gasteiger partial charge in [-0.25, -0.2) is 4.79 Å². The SMILES string of the molecule is CC(=O)O[C@H]1CC[C@@]2(C)[C@@H](CC[C@@H]3[C@@H]2C[C@@H](OC(=O)c2ccccc2)[C@]2(C)[C@H]4[C@H](C)[C@@H](CCC(C)(O)CO[Si](c5ccccc5)(c5ccccc5)C(C)(C)C)O[C@H]4C[C@@H]32)C1. The highest BCUT2D eigenvalue weighted by Gasteiger charge is 2.70. The maximum absolute atomic E-state index is 14.0. The number of hydrogen-bond donors (Lipinski definition) is 1. The van der Waals surface area contributed by atoms with Gasteiger partial charge in [0, 0.05) is 12.3 Å². The fourth-order valence-corrected chi connectivity index (χ4v) is 18.7. The Balaban J connectivity index is 1.02. The second-order valence-electron chi connectivity index (χ2n) is 21.3. The summed E-state index contributed by atoms with van der Waals surface area (Å²) in [6.07, 6.45) is 8.12. The molecule has 60 heavy (non-hydrogen) atoms. The summed E-state index contributed by atoms with van der Waals surface area (Å²) < 4.78 is 26.9. The van der Waals surface area contributed by atoms with Crippen LogP contribution in [0.5, 0.6) is 0 Å². The lowest BCUT2D eigenvalue weighted by molar-refractivity contribution is -0.181. The molecule has 1 unspecified atom stereocenters. The minimum absolute atomic E-state index is 0.00196. The van der Waals surface area contributed by atoms with Crippen molar-refractivity contribution in [3.63, 3.8) is 0 Å². The average molecular weight is 835 g/mol. The molecule has 8 rings (SSSR count). The molecule has 0 bridgehead atoms. The fraction of sp³-hybridized carbons (Fsp3) is 0.615. The Bertz CT molecular complexity index is 1920. The van der Waals surface area contributed by atoms with Gasteiger partial charge in [-0.1, -0.05) is 120 Å². The van der Waals surface area contributed by atoms with E-state index in [0.717, 1.165) is 51.4 Å². The molecular formula is C52H70O7Si. The molecule has 0 radical (unpaired) electrons. The van der Waals surface area contributed by atoms with E-state index in [0.29, 0.717) is 35.7 Å². The Hall–Kier alpha value is -3.30. The van der Waals surface area contributed by atoms with E-state index in [4.69, 9.17) is 18.6 Å². The molecule has 7 nitrogen and oxygen atoms in total. The number of carbonyl (C=O) groups is 2. The molecule has 0 aromatic heterocycles. The molecule has 3 aromatic carbocycles. The first-order chi connectivity index (χ1) is 28.5. The smallest absolute Gasteiger partial charge is 0.338 e. The van der Waals surface area contributed by atoms with Crippen molar-refractivity contribution < 1.29 is 33.3 Å². The minimum atomic E-state index is -2.82. The lowest BCUT2D eigenvalue weighted by Gasteiger charge is -2.62. The number of fused-ring (bicyclic) bond motifs is 7. The van der Waals surface area contributed by atoms with E-state index in [2.05, 4.69) is 102 Å². The van der Waals surface area contributed by atoms with Gasteiger partial charge in [0.2, 0.25) is 0 Å². The van der Waals surface area contributed by atoms with E-state index in [-0.39, 0.29) is 70.7 Å². The van der Waals surface area contributed by atoms with Crippen LogP contribution in [0, 0.1) is 46.3 Å². The Morgan fingerprint density at radius 3 is 2.03 bits per heavy atom. The van der Waals surface area contributed by atoms with Gasteiger partial charge in [0.15, 0.2) is 0 Å². The molecular weight excluding hydrogens is 765 g/mol. The van der Waals surface area contributed by atoms with Crippen LogP contribution in [0.25, 0.3) is 0 Å². The lowest BCUT2D eigenvalue weighted by atomic mass is 9.43. The molecule has 324 valence electrons. The van der Waals surface area contributed by atoms with Gasteiger partial charge in [-0.05, 0) is 133 Å². The molecule has 8 heteroatoms. The summed E-state index contributed by atoms with van der Waals surface area (Å²) >= 11 is 0. The van der Waals surface area contributed by atoms with Crippen LogP contribution in [-0.4, -0.2) is 62.0 Å². The van der Waals surface area contributed by atoms with E-state index < -0.39 is 13.9 Å². The van der Waals surface area contributed by atoms with Gasteiger partial charge in [0.1, 0.15) is 12.2 Å². The number of ether oxygens (including phenoxy) is 3. The van der Waals surface area contributed by atoms with E-state index in [1.165, 1.54) is 17.3 Å². The maximum atomic E-state index is 14.0. The van der Waals surface area contributed by atoms with Crippen molar-refractivity contribution in [2.24, 2.45) is 46.3 Å². The standard InChI is InChI=1S/C52H70O7Si/c1-34-44(27-28-50(6,55)33-56-60(49(3,4)5,39-20-14-10-15-21-39)40-22-16-11-17-23-40)58-45-31-43-41-25-24-37-30-38(57-35(2)53)26-29-51(37,7)42(41)32-46(52(43,8)47(34)45)59-48(54)36-18-12-9-13-19-36/h9-23,34,37-38,41-47,55H,24-33H2,1-8H3/t34-,37+,38+,41-,42+,43+,44-,45+,46-,47+,50?,51+,52-/m1/s1. The van der Waals surface area contributed by atoms with Crippen LogP contribution in [0.15, 0.2) is 91.0 Å². The molecule has 5 fully saturated rings. The van der Waals surface area contributed by atoms with E-state index in [1.807, 2.05) is 37.3 Å². The molecule has 0 amide bonds. The molecule has 3 aromatic rings. The fourth-order valence-electron chi connectivity index (χ4n) is 14.0. The molecule has 5 aliphatic rings. The van der Waals surface area contributed by atoms with Gasteiger partial charge in [0.25, 0.3) is 8.32 Å². The van der Waals surface area contributed by atoms with Crippen molar-refractivity contribution >= 4 is 30.6 Å². The van der Waals surface area contributed by atoms with Crippen LogP contribution in [-0.2, 0) is 23.4 Å². The first-order valence-electron chi connectivity index (χ1n) is 23.0. The number of esters is 2. The molecule has 1 saturated heterocycles. The van der Waals surface area contributed by atoms with Crippen molar-refractivity contribution in [2.75, 3.05) is 6.61 Å². The number of rotatable bonds is 11. The Morgan fingerprint density at radius 1 is 0.817 bits per heavy atom. The molecule has 13 atom stereocenters. The highest BCUT2D eigenvalue weighted by molar-refractivity contribution is 6.99. The molecule has 4 aliphatic carbocycles. The zero-order chi connectivity index (χ0) is 42.7. The van der Waals surface area contributed by atoms with Gasteiger partial charge in [-0.2, -0.15) is 0 Å². The summed E-state index contributed by atoms with van der Waals surface area (Å²) in [5, 5.41) is 14.4. The van der Waals surface area contributed by atoms with Gasteiger partial charge < -0.3 is 23.7 Å². The van der Waals surface area contributed by atoms with Crippen molar-refractivity contribution in [1.29, 1.82) is 0 Å². The molecule has 1 aliphatic heterocycles. The van der Waals surface area contributed by atoms with Gasteiger partial charge in [-0.15, -0.1) is 0 Å². The largest absolute Gasteiger partial charge is 0.463 e. The van der Waals surface area contributed by atoms with E-state index in [1.54, 1.807) is 0 Å². The highest BCUT2D eigenvalue weighted by Crippen LogP contribution is 2.70. The van der Waals surface area contributed by atoms with Crippen molar-refractivity contribution in [1.82, 2.24) is 0 Å². The summed E-state index contributed by atoms with van der Waals surface area (Å²) in [7, 11) is -2.82. The first-order valence-corrected chi connectivity index (χ1v) is 24.9. The second-order valence-corrected chi connectivity index (χ2v) is 25.7. The Kier molecular flexibility index (Phi) is 11.9. The summed E-state index contributed by atoms with van der Waals surface area (Å²) in [5.41, 5.74) is -0.598. The minimum Gasteiger partial charge on any atom is -0.463 e. The molecule has 4 saturated carbocycles. The molecule has 0 spiro atoms. The third kappa shape index (κ3) is 7.64. The lowest BCUT2D eigenvalue weighted by Crippen LogP contribution is -2.67. The first kappa shape index (κ1) is 43.3. The Labute approximate surface area is 360 Å². The van der Waals surface area contributed by atoms with E-state index in [9.17, 15) is 14.7 Å². The number of aliphatic hydroxyl groups is 1. The van der Waals surface area contributed by atoms with Crippen molar-refractivity contribution in [3.8, 4) is 0 Å². The number of benzene rings is 3. The quantitative estimate of drug-likeness (QED) is 0.152. The van der Waals surface area contributed by atoms with Crippen LogP contribution in [0.1, 0.15) is 124 Å². The number of carbonyl (C=O) groups excluding carboxylic acids is 2. The van der Waals surface area contributed by atoms with Crippen LogP contribution in [0.3, 0.4) is 0 Å². The average Bonchev–Trinajstić information content (AvgIpc) is 3.71. The third-order valence-corrected chi connectivity index (χ3v) is 21.8. The predicted octanol–water partition coefficient (Wildman–Crippen LogP) is 9.53. The second kappa shape index (κ2) is 16.4. The molecule has 1 heterocycles. The van der Waals surface area contributed by atoms with Crippen LogP contribution in [0.4, 0.5) is 0 Å². The zero-order valence-electron chi connectivity index (χ0n) is 37.4. The summed E-state index contributed by atoms with van der Waals surface area (Å²) in [5.74, 6) is 1.89. The number of hydrogen-bond acceptors (Lipinski definition) is 7. The maximum Gasteiger partial charge on any atom is 0.338 e. The van der Waals surface area contributed by atoms with Gasteiger partial charge in [-0.3, -0.25) is 4.79 Å². The van der Waals surface area contributed by atoms with Crippen LogP contribution >= 0.6 is 0 Å². The normalized spacial score (nSPS) is 35.9. The Morgan fingerprint density at radius 2 is 1.43 bits per heavy atom. The topological polar surface area (TPSA) is 91.3 Å². The van der Waals surface area contributed by atoms with Crippen LogP contribution < -0.4 is 10.4 Å². The van der Waals surface area contributed by atoms with Crippen molar-refractivity contribution in [3.05, 3.63) is 96.6 Å². The van der Waals surface area contributed by atoms with Crippen molar-refractivity contribution in [2.45, 2.75) is 148 Å². The predicted molar refractivity (Wildman–Crippen MR) is 238 cm³/mol. The van der Waals surface area contributed by atoms with Gasteiger partial charge in [0.05, 0.1) is 30.0 Å². The van der Waals surface area contributed by atoms with Crippen LogP contribution in [0.2, 0.25) is 5.04 Å². The summed E-state index contributed by atoms with van der Waals surface area (Å²) in [6.45, 7) is 17.8. The van der Waals surface area contributed by atoms with Gasteiger partial charge >= 0.3 is 11.9 Å². The van der Waals surface area contributed by atoms with E-state index >= 15 is 0 Å². The highest BCUT2D eigenvalue weighted by atomic mass is 28.4. The summed E-state index contributed by atoms with van der Waals surface area (Å²) in [6, 6.07) is 30.7. The zero-order valence-corrected chi connectivity index (χ0v) is 38.4.